The Kier molecular flexibility index (Phi) is 7.00. The van der Waals surface area contributed by atoms with Crippen molar-refractivity contribution in [1.29, 1.82) is 0 Å². The Balaban J connectivity index is 1.49. The number of anilines is 2. The number of alkyl halides is 3. The largest absolute Gasteiger partial charge is 0.417 e. The number of fused-ring (bicyclic) bond motifs is 3. The van der Waals surface area contributed by atoms with E-state index >= 15 is 0 Å². The molecule has 1 saturated heterocycles. The first-order valence-corrected chi connectivity index (χ1v) is 11.7. The van der Waals surface area contributed by atoms with E-state index in [-0.39, 0.29) is 31.4 Å². The molecule has 1 fully saturated rings. The number of hydrogen-bond donors (Lipinski definition) is 2. The number of halogens is 3. The van der Waals surface area contributed by atoms with Gasteiger partial charge in [-0.25, -0.2) is 0 Å². The molecular formula is C25H27F3N4O3. The summed E-state index contributed by atoms with van der Waals surface area (Å²) >= 11 is 0. The van der Waals surface area contributed by atoms with Crippen molar-refractivity contribution in [2.75, 3.05) is 36.4 Å². The van der Waals surface area contributed by atoms with E-state index in [1.54, 1.807) is 18.2 Å². The number of unbranched alkanes of at least 4 members (excludes halogenated alkanes) is 2. The van der Waals surface area contributed by atoms with Gasteiger partial charge in [-0.1, -0.05) is 31.9 Å². The van der Waals surface area contributed by atoms with Gasteiger partial charge >= 0.3 is 6.18 Å². The van der Waals surface area contributed by atoms with Crippen LogP contribution in [0.15, 0.2) is 42.5 Å². The number of carbonyl (C=O) groups excluding carboxylic acids is 3. The van der Waals surface area contributed by atoms with Crippen molar-refractivity contribution in [3.05, 3.63) is 59.2 Å². The molecule has 2 N–H and O–H groups in total. The lowest BCUT2D eigenvalue weighted by Gasteiger charge is -2.45. The molecule has 1 atom stereocenters. The molecule has 35 heavy (non-hydrogen) atoms. The Morgan fingerprint density at radius 1 is 1.11 bits per heavy atom. The van der Waals surface area contributed by atoms with Crippen molar-refractivity contribution in [2.45, 2.75) is 38.4 Å². The maximum absolute atomic E-state index is 13.4. The lowest BCUT2D eigenvalue weighted by Crippen LogP contribution is -2.61. The maximum Gasteiger partial charge on any atom is 0.417 e. The summed E-state index contributed by atoms with van der Waals surface area (Å²) in [5, 5.41) is 5.65. The molecule has 7 nitrogen and oxygen atoms in total. The van der Waals surface area contributed by atoms with E-state index < -0.39 is 29.3 Å². The van der Waals surface area contributed by atoms with E-state index in [9.17, 15) is 27.6 Å². The summed E-state index contributed by atoms with van der Waals surface area (Å²) < 4.78 is 40.2. The number of amides is 3. The molecule has 186 valence electrons. The fourth-order valence-corrected chi connectivity index (χ4v) is 4.49. The minimum absolute atomic E-state index is 0.0457. The van der Waals surface area contributed by atoms with Crippen LogP contribution in [0.2, 0.25) is 0 Å². The van der Waals surface area contributed by atoms with E-state index in [1.165, 1.54) is 17.0 Å². The van der Waals surface area contributed by atoms with Crippen molar-refractivity contribution < 1.29 is 27.6 Å². The molecule has 2 aliphatic heterocycles. The van der Waals surface area contributed by atoms with Crippen LogP contribution in [0.3, 0.4) is 0 Å². The minimum Gasteiger partial charge on any atom is -0.355 e. The normalized spacial score (nSPS) is 17.4. The molecule has 0 radical (unpaired) electrons. The lowest BCUT2D eigenvalue weighted by atomic mass is 10.0. The second kappa shape index (κ2) is 9.97. The number of nitrogens with zero attached hydrogens (tertiary/aromatic N) is 2. The van der Waals surface area contributed by atoms with Crippen molar-refractivity contribution in [3.63, 3.8) is 0 Å². The lowest BCUT2D eigenvalue weighted by molar-refractivity contribution is -0.138. The third kappa shape index (κ3) is 5.11. The molecule has 0 aromatic heterocycles. The maximum atomic E-state index is 13.4. The number of nitrogens with one attached hydrogen (secondary N) is 2. The highest BCUT2D eigenvalue weighted by Crippen LogP contribution is 2.36. The quantitative estimate of drug-likeness (QED) is 0.605. The summed E-state index contributed by atoms with van der Waals surface area (Å²) in [5.74, 6) is -1.36. The number of carbonyl (C=O) groups is 3. The summed E-state index contributed by atoms with van der Waals surface area (Å²) in [6.07, 6.45) is -1.69. The topological polar surface area (TPSA) is 81.8 Å². The van der Waals surface area contributed by atoms with E-state index in [2.05, 4.69) is 17.6 Å². The van der Waals surface area contributed by atoms with Crippen LogP contribution in [0.5, 0.6) is 0 Å². The summed E-state index contributed by atoms with van der Waals surface area (Å²) in [5.41, 5.74) is 0.206. The van der Waals surface area contributed by atoms with Crippen LogP contribution in [-0.2, 0) is 11.0 Å². The summed E-state index contributed by atoms with van der Waals surface area (Å²) in [6, 6.07) is 8.97. The van der Waals surface area contributed by atoms with Crippen molar-refractivity contribution in [1.82, 2.24) is 10.2 Å². The molecule has 3 amide bonds. The van der Waals surface area contributed by atoms with Gasteiger partial charge in [0.15, 0.2) is 0 Å². The zero-order chi connectivity index (χ0) is 25.2. The van der Waals surface area contributed by atoms with Gasteiger partial charge in [-0.2, -0.15) is 13.2 Å². The Hall–Kier alpha value is -3.56. The van der Waals surface area contributed by atoms with Gasteiger partial charge < -0.3 is 20.4 Å². The Labute approximate surface area is 201 Å². The number of rotatable bonds is 6. The fraction of sp³-hybridized carbons (Fsp3) is 0.400. The molecule has 0 aliphatic carbocycles. The number of hydrogen-bond acceptors (Lipinski definition) is 4. The third-order valence-electron chi connectivity index (χ3n) is 6.33. The van der Waals surface area contributed by atoms with Crippen LogP contribution in [0.25, 0.3) is 0 Å². The predicted molar refractivity (Wildman–Crippen MR) is 125 cm³/mol. The summed E-state index contributed by atoms with van der Waals surface area (Å²) in [6.45, 7) is 3.04. The molecule has 2 heterocycles. The van der Waals surface area contributed by atoms with Crippen LogP contribution in [0.1, 0.15) is 52.5 Å². The molecule has 0 bridgehead atoms. The molecule has 1 unspecified atom stereocenters. The molecular weight excluding hydrogens is 461 g/mol. The molecule has 2 aliphatic rings. The fourth-order valence-electron chi connectivity index (χ4n) is 4.49. The SMILES string of the molecule is CCCCCNC(=O)c1ccc2c(c1)NC(=O)C1CN(C(=O)c3ccccc3C(F)(F)F)CCN21. The van der Waals surface area contributed by atoms with Gasteiger partial charge in [-0.15, -0.1) is 0 Å². The molecule has 2 aromatic rings. The number of piperazine rings is 1. The minimum atomic E-state index is -4.66. The smallest absolute Gasteiger partial charge is 0.355 e. The van der Waals surface area contributed by atoms with Gasteiger partial charge in [-0.3, -0.25) is 14.4 Å². The summed E-state index contributed by atoms with van der Waals surface area (Å²) in [4.78, 5) is 41.4. The highest BCUT2D eigenvalue weighted by molar-refractivity contribution is 6.06. The van der Waals surface area contributed by atoms with Gasteiger partial charge in [0.2, 0.25) is 5.91 Å². The second-order valence-corrected chi connectivity index (χ2v) is 8.69. The Morgan fingerprint density at radius 3 is 2.63 bits per heavy atom. The zero-order valence-corrected chi connectivity index (χ0v) is 19.3. The van der Waals surface area contributed by atoms with Gasteiger partial charge in [0, 0.05) is 25.2 Å². The van der Waals surface area contributed by atoms with Gasteiger partial charge in [0.05, 0.1) is 29.0 Å². The first kappa shape index (κ1) is 24.6. The molecule has 4 rings (SSSR count). The first-order valence-electron chi connectivity index (χ1n) is 11.7. The highest BCUT2D eigenvalue weighted by Gasteiger charge is 2.41. The Morgan fingerprint density at radius 2 is 1.89 bits per heavy atom. The van der Waals surface area contributed by atoms with Crippen LogP contribution in [0, 0.1) is 0 Å². The summed E-state index contributed by atoms with van der Waals surface area (Å²) in [7, 11) is 0. The van der Waals surface area contributed by atoms with E-state index in [0.29, 0.717) is 23.5 Å². The van der Waals surface area contributed by atoms with E-state index in [4.69, 9.17) is 0 Å². The molecule has 10 heteroatoms. The zero-order valence-electron chi connectivity index (χ0n) is 19.3. The molecule has 2 aromatic carbocycles. The molecule has 0 saturated carbocycles. The van der Waals surface area contributed by atoms with Gasteiger partial charge in [0.25, 0.3) is 11.8 Å². The van der Waals surface area contributed by atoms with Gasteiger partial charge in [0.1, 0.15) is 6.04 Å². The average molecular weight is 489 g/mol. The monoisotopic (exact) mass is 488 g/mol. The van der Waals surface area contributed by atoms with Crippen molar-refractivity contribution in [3.8, 4) is 0 Å². The van der Waals surface area contributed by atoms with Gasteiger partial charge in [-0.05, 0) is 36.8 Å². The highest BCUT2D eigenvalue weighted by atomic mass is 19.4. The van der Waals surface area contributed by atoms with Crippen LogP contribution in [-0.4, -0.2) is 54.8 Å². The van der Waals surface area contributed by atoms with Crippen LogP contribution >= 0.6 is 0 Å². The molecule has 0 spiro atoms. The third-order valence-corrected chi connectivity index (χ3v) is 6.33. The van der Waals surface area contributed by atoms with Crippen LogP contribution in [0.4, 0.5) is 24.5 Å². The first-order chi connectivity index (χ1) is 16.7. The van der Waals surface area contributed by atoms with Crippen molar-refractivity contribution in [2.24, 2.45) is 0 Å². The van der Waals surface area contributed by atoms with E-state index in [1.807, 2.05) is 4.90 Å². The van der Waals surface area contributed by atoms with Crippen molar-refractivity contribution >= 4 is 29.1 Å². The average Bonchev–Trinajstić information content (AvgIpc) is 2.85. The predicted octanol–water partition coefficient (Wildman–Crippen LogP) is 3.91. The Bertz CT molecular complexity index is 1140. The van der Waals surface area contributed by atoms with E-state index in [0.717, 1.165) is 31.4 Å². The second-order valence-electron chi connectivity index (χ2n) is 8.69. The standard InChI is InChI=1S/C25H27F3N4O3/c1-2-3-6-11-29-22(33)16-9-10-20-19(14-16)30-23(34)21-15-31(12-13-32(20)21)24(35)17-7-4-5-8-18(17)25(26,27)28/h4-5,7-10,14,21H,2-3,6,11-13,15H2,1H3,(H,29,33)(H,30,34). The van der Waals surface area contributed by atoms with Crippen LogP contribution < -0.4 is 15.5 Å². The number of benzene rings is 2.